The van der Waals surface area contributed by atoms with Crippen LogP contribution in [0.5, 0.6) is 0 Å². The van der Waals surface area contributed by atoms with E-state index in [1.54, 1.807) is 0 Å². The van der Waals surface area contributed by atoms with Crippen molar-refractivity contribution in [2.24, 2.45) is 5.92 Å². The van der Waals surface area contributed by atoms with Crippen molar-refractivity contribution in [2.45, 2.75) is 38.5 Å². The second kappa shape index (κ2) is 6.29. The molecule has 3 rings (SSSR count). The van der Waals surface area contributed by atoms with Crippen LogP contribution in [0.1, 0.15) is 49.0 Å². The number of carboxylic acid groups (broad SMARTS) is 1. The third-order valence-electron chi connectivity index (χ3n) is 4.06. The molecule has 1 aliphatic heterocycles. The van der Waals surface area contributed by atoms with E-state index in [9.17, 15) is 14.7 Å². The van der Waals surface area contributed by atoms with Gasteiger partial charge in [0.15, 0.2) is 17.3 Å². The molecule has 1 saturated heterocycles. The van der Waals surface area contributed by atoms with Gasteiger partial charge >= 0.3 is 5.97 Å². The normalized spacial score (nSPS) is 18.6. The second-order valence-corrected chi connectivity index (χ2v) is 5.90. The zero-order valence-corrected chi connectivity index (χ0v) is 12.4. The van der Waals surface area contributed by atoms with Gasteiger partial charge in [-0.05, 0) is 25.7 Å². The molecule has 0 atom stereocenters. The number of nitrogens with one attached hydrogen (secondary N) is 1. The molecule has 0 radical (unpaired) electrons. The Balaban J connectivity index is 1.85. The summed E-state index contributed by atoms with van der Waals surface area (Å²) < 4.78 is 0. The number of hydrogen-bond acceptors (Lipinski definition) is 5. The number of amides is 1. The first kappa shape index (κ1) is 14.7. The van der Waals surface area contributed by atoms with Gasteiger partial charge in [0.2, 0.25) is 5.91 Å². The summed E-state index contributed by atoms with van der Waals surface area (Å²) in [5.74, 6) is -0.377. The minimum absolute atomic E-state index is 0.0497. The number of rotatable bonds is 4. The van der Waals surface area contributed by atoms with Crippen molar-refractivity contribution >= 4 is 23.5 Å². The number of nitrogens with zero attached hydrogens (tertiary/aromatic N) is 3. The van der Waals surface area contributed by atoms with Crippen molar-refractivity contribution in [3.8, 4) is 0 Å². The van der Waals surface area contributed by atoms with E-state index in [0.29, 0.717) is 11.6 Å². The highest BCUT2D eigenvalue weighted by molar-refractivity contribution is 5.95. The second-order valence-electron chi connectivity index (χ2n) is 5.90. The highest BCUT2D eigenvalue weighted by Crippen LogP contribution is 2.30. The molecule has 0 bridgehead atoms. The van der Waals surface area contributed by atoms with Crippen molar-refractivity contribution in [1.29, 1.82) is 0 Å². The van der Waals surface area contributed by atoms with Gasteiger partial charge in [-0.15, -0.1) is 0 Å². The Kier molecular flexibility index (Phi) is 4.22. The Bertz CT molecular complexity index is 578. The Morgan fingerprint density at radius 1 is 1.18 bits per heavy atom. The molecule has 2 fully saturated rings. The van der Waals surface area contributed by atoms with Gasteiger partial charge in [0.05, 0.1) is 6.20 Å². The lowest BCUT2D eigenvalue weighted by Gasteiger charge is -2.23. The van der Waals surface area contributed by atoms with Gasteiger partial charge in [-0.25, -0.2) is 14.8 Å². The number of anilines is 2. The summed E-state index contributed by atoms with van der Waals surface area (Å²) in [7, 11) is 0. The van der Waals surface area contributed by atoms with Crippen molar-refractivity contribution in [3.05, 3.63) is 11.9 Å². The standard InChI is InChI=1S/C15H20N4O3/c20-14(10-5-6-10)18-11-9-16-12(15(21)22)13(17-11)19-7-3-1-2-4-8-19/h9-10H,1-8H2,(H,21,22)(H,17,18,20). The maximum Gasteiger partial charge on any atom is 0.358 e. The van der Waals surface area contributed by atoms with E-state index in [1.807, 2.05) is 4.90 Å². The van der Waals surface area contributed by atoms with Gasteiger partial charge < -0.3 is 15.3 Å². The molecule has 0 unspecified atom stereocenters. The van der Waals surface area contributed by atoms with Crippen LogP contribution in [-0.2, 0) is 4.79 Å². The van der Waals surface area contributed by atoms with E-state index in [2.05, 4.69) is 15.3 Å². The third kappa shape index (κ3) is 3.35. The molecule has 7 nitrogen and oxygen atoms in total. The van der Waals surface area contributed by atoms with Crippen LogP contribution in [0.25, 0.3) is 0 Å². The predicted octanol–water partition coefficient (Wildman–Crippen LogP) is 1.90. The van der Waals surface area contributed by atoms with Crippen LogP contribution in [0.3, 0.4) is 0 Å². The smallest absolute Gasteiger partial charge is 0.358 e. The largest absolute Gasteiger partial charge is 0.476 e. The fourth-order valence-electron chi connectivity index (χ4n) is 2.67. The lowest BCUT2D eigenvalue weighted by Crippen LogP contribution is -2.28. The van der Waals surface area contributed by atoms with E-state index in [1.165, 1.54) is 6.20 Å². The van der Waals surface area contributed by atoms with Crippen LogP contribution in [0.2, 0.25) is 0 Å². The zero-order chi connectivity index (χ0) is 15.5. The summed E-state index contributed by atoms with van der Waals surface area (Å²) >= 11 is 0. The fourth-order valence-corrected chi connectivity index (χ4v) is 2.67. The maximum atomic E-state index is 11.8. The molecule has 1 amide bonds. The van der Waals surface area contributed by atoms with Crippen LogP contribution < -0.4 is 10.2 Å². The molecule has 1 aromatic rings. The molecule has 1 aromatic heterocycles. The fraction of sp³-hybridized carbons (Fsp3) is 0.600. The lowest BCUT2D eigenvalue weighted by molar-refractivity contribution is -0.117. The molecule has 2 N–H and O–H groups in total. The first-order valence-electron chi connectivity index (χ1n) is 7.81. The molecular formula is C15H20N4O3. The van der Waals surface area contributed by atoms with Crippen molar-refractivity contribution in [3.63, 3.8) is 0 Å². The molecule has 118 valence electrons. The van der Waals surface area contributed by atoms with Gasteiger partial charge in [0.25, 0.3) is 0 Å². The van der Waals surface area contributed by atoms with Crippen LogP contribution in [0.15, 0.2) is 6.20 Å². The first-order chi connectivity index (χ1) is 10.6. The lowest BCUT2D eigenvalue weighted by atomic mass is 10.2. The quantitative estimate of drug-likeness (QED) is 0.882. The van der Waals surface area contributed by atoms with E-state index >= 15 is 0 Å². The maximum absolute atomic E-state index is 11.8. The molecule has 0 aromatic carbocycles. The molecule has 1 saturated carbocycles. The number of aromatic nitrogens is 2. The van der Waals surface area contributed by atoms with E-state index in [4.69, 9.17) is 0 Å². The Hall–Kier alpha value is -2.18. The molecule has 7 heteroatoms. The number of aromatic carboxylic acids is 1. The van der Waals surface area contributed by atoms with E-state index < -0.39 is 5.97 Å². The summed E-state index contributed by atoms with van der Waals surface area (Å²) in [6.07, 6.45) is 7.45. The van der Waals surface area contributed by atoms with Crippen LogP contribution in [0.4, 0.5) is 11.6 Å². The molecule has 2 heterocycles. The summed E-state index contributed by atoms with van der Waals surface area (Å²) in [5.41, 5.74) is -0.0497. The van der Waals surface area contributed by atoms with Crippen molar-refractivity contribution in [2.75, 3.05) is 23.3 Å². The molecule has 22 heavy (non-hydrogen) atoms. The summed E-state index contributed by atoms with van der Waals surface area (Å²) in [4.78, 5) is 33.5. The minimum atomic E-state index is -1.09. The van der Waals surface area contributed by atoms with Gasteiger partial charge in [0.1, 0.15) is 0 Å². The average Bonchev–Trinajstić information content (AvgIpc) is 3.33. The van der Waals surface area contributed by atoms with Crippen LogP contribution in [-0.4, -0.2) is 40.0 Å². The van der Waals surface area contributed by atoms with Gasteiger partial charge in [0, 0.05) is 19.0 Å². The summed E-state index contributed by atoms with van der Waals surface area (Å²) in [6, 6.07) is 0. The Labute approximate surface area is 128 Å². The van der Waals surface area contributed by atoms with Crippen molar-refractivity contribution < 1.29 is 14.7 Å². The molecule has 2 aliphatic rings. The minimum Gasteiger partial charge on any atom is -0.476 e. The number of carbonyl (C=O) groups is 2. The van der Waals surface area contributed by atoms with Crippen LogP contribution >= 0.6 is 0 Å². The zero-order valence-electron chi connectivity index (χ0n) is 12.4. The summed E-state index contributed by atoms with van der Waals surface area (Å²) in [6.45, 7) is 1.55. The Morgan fingerprint density at radius 2 is 1.86 bits per heavy atom. The number of carboxylic acids is 1. The van der Waals surface area contributed by atoms with Crippen molar-refractivity contribution in [1.82, 2.24) is 9.97 Å². The van der Waals surface area contributed by atoms with E-state index in [-0.39, 0.29) is 17.5 Å². The first-order valence-corrected chi connectivity index (χ1v) is 7.81. The van der Waals surface area contributed by atoms with Gasteiger partial charge in [-0.1, -0.05) is 12.8 Å². The number of carbonyl (C=O) groups excluding carboxylic acids is 1. The molecule has 1 aliphatic carbocycles. The SMILES string of the molecule is O=C(O)c1ncc(NC(=O)C2CC2)nc1N1CCCCCC1. The Morgan fingerprint density at radius 3 is 2.45 bits per heavy atom. The van der Waals surface area contributed by atoms with Crippen LogP contribution in [0, 0.1) is 5.92 Å². The van der Waals surface area contributed by atoms with Gasteiger partial charge in [-0.3, -0.25) is 4.79 Å². The molecule has 0 spiro atoms. The highest BCUT2D eigenvalue weighted by Gasteiger charge is 2.30. The topological polar surface area (TPSA) is 95.4 Å². The van der Waals surface area contributed by atoms with E-state index in [0.717, 1.165) is 51.6 Å². The number of hydrogen-bond donors (Lipinski definition) is 2. The molecular weight excluding hydrogens is 284 g/mol. The third-order valence-corrected chi connectivity index (χ3v) is 4.06. The van der Waals surface area contributed by atoms with Gasteiger partial charge in [-0.2, -0.15) is 0 Å². The predicted molar refractivity (Wildman–Crippen MR) is 81.0 cm³/mol. The highest BCUT2D eigenvalue weighted by atomic mass is 16.4. The average molecular weight is 304 g/mol. The monoisotopic (exact) mass is 304 g/mol. The summed E-state index contributed by atoms with van der Waals surface area (Å²) in [5, 5.41) is 12.1.